The van der Waals surface area contributed by atoms with Crippen LogP contribution >= 0.6 is 0 Å². The fraction of sp³-hybridized carbons (Fsp3) is 0.429. The standard InChI is InChI=1S/C7H11N5O4/c1-15-2-3-16-6-5(12(13)14)4-9-7(10-6)11-8/h4H,2-3,8H2,1H3,(H,9,10,11). The second kappa shape index (κ2) is 5.78. The topological polar surface area (TPSA) is 125 Å². The number of methoxy groups -OCH3 is 1. The number of hydrogen-bond donors (Lipinski definition) is 2. The van der Waals surface area contributed by atoms with Crippen molar-refractivity contribution in [2.75, 3.05) is 25.7 Å². The molecule has 0 aliphatic rings. The number of hydrazine groups is 1. The molecule has 88 valence electrons. The van der Waals surface area contributed by atoms with Crippen LogP contribution in [0.2, 0.25) is 0 Å². The Balaban J connectivity index is 2.87. The zero-order valence-corrected chi connectivity index (χ0v) is 8.54. The van der Waals surface area contributed by atoms with Crippen LogP contribution in [0.4, 0.5) is 11.6 Å². The zero-order chi connectivity index (χ0) is 12.0. The zero-order valence-electron chi connectivity index (χ0n) is 8.54. The van der Waals surface area contributed by atoms with Crippen LogP contribution in [0.15, 0.2) is 6.20 Å². The summed E-state index contributed by atoms with van der Waals surface area (Å²) in [6.07, 6.45) is 1.02. The quantitative estimate of drug-likeness (QED) is 0.294. The van der Waals surface area contributed by atoms with E-state index in [0.29, 0.717) is 6.61 Å². The van der Waals surface area contributed by atoms with Gasteiger partial charge in [-0.1, -0.05) is 0 Å². The normalized spacial score (nSPS) is 9.88. The number of nitrogens with zero attached hydrogens (tertiary/aromatic N) is 3. The van der Waals surface area contributed by atoms with Crippen LogP contribution in [0.3, 0.4) is 0 Å². The van der Waals surface area contributed by atoms with E-state index in [0.717, 1.165) is 6.20 Å². The maximum absolute atomic E-state index is 10.6. The Hall–Kier alpha value is -2.00. The van der Waals surface area contributed by atoms with Gasteiger partial charge in [0.25, 0.3) is 5.88 Å². The highest BCUT2D eigenvalue weighted by atomic mass is 16.6. The van der Waals surface area contributed by atoms with Gasteiger partial charge in [-0.15, -0.1) is 0 Å². The van der Waals surface area contributed by atoms with Crippen molar-refractivity contribution in [3.8, 4) is 5.88 Å². The monoisotopic (exact) mass is 229 g/mol. The molecular weight excluding hydrogens is 218 g/mol. The van der Waals surface area contributed by atoms with Gasteiger partial charge in [0.1, 0.15) is 12.8 Å². The lowest BCUT2D eigenvalue weighted by molar-refractivity contribution is -0.386. The van der Waals surface area contributed by atoms with Gasteiger partial charge in [-0.3, -0.25) is 15.5 Å². The first-order valence-electron chi connectivity index (χ1n) is 4.28. The van der Waals surface area contributed by atoms with E-state index < -0.39 is 4.92 Å². The molecule has 0 unspecified atom stereocenters. The molecule has 0 bridgehead atoms. The number of ether oxygens (including phenoxy) is 2. The molecule has 16 heavy (non-hydrogen) atoms. The lowest BCUT2D eigenvalue weighted by Gasteiger charge is -2.05. The molecule has 0 radical (unpaired) electrons. The van der Waals surface area contributed by atoms with Gasteiger partial charge in [-0.2, -0.15) is 4.98 Å². The molecule has 0 saturated heterocycles. The van der Waals surface area contributed by atoms with Crippen LogP contribution in [0.1, 0.15) is 0 Å². The van der Waals surface area contributed by atoms with Crippen molar-refractivity contribution in [3.63, 3.8) is 0 Å². The highest BCUT2D eigenvalue weighted by Gasteiger charge is 2.18. The second-order valence-corrected chi connectivity index (χ2v) is 2.63. The fourth-order valence-electron chi connectivity index (χ4n) is 0.882. The van der Waals surface area contributed by atoms with Crippen molar-refractivity contribution in [1.82, 2.24) is 9.97 Å². The molecule has 0 saturated carbocycles. The van der Waals surface area contributed by atoms with Crippen molar-refractivity contribution in [1.29, 1.82) is 0 Å². The van der Waals surface area contributed by atoms with Crippen molar-refractivity contribution < 1.29 is 14.4 Å². The second-order valence-electron chi connectivity index (χ2n) is 2.63. The third kappa shape index (κ3) is 3.00. The summed E-state index contributed by atoms with van der Waals surface area (Å²) in [6.45, 7) is 0.449. The summed E-state index contributed by atoms with van der Waals surface area (Å²) in [6, 6.07) is 0. The molecule has 1 aromatic heterocycles. The summed E-state index contributed by atoms with van der Waals surface area (Å²) < 4.78 is 9.81. The summed E-state index contributed by atoms with van der Waals surface area (Å²) in [5.74, 6) is 4.97. The van der Waals surface area contributed by atoms with Crippen LogP contribution in [0.5, 0.6) is 5.88 Å². The number of nitrogens with two attached hydrogens (primary N) is 1. The maximum Gasteiger partial charge on any atom is 0.349 e. The highest BCUT2D eigenvalue weighted by molar-refractivity contribution is 5.42. The number of nitrogens with one attached hydrogen (secondary N) is 1. The lowest BCUT2D eigenvalue weighted by atomic mass is 10.5. The molecule has 0 atom stereocenters. The van der Waals surface area contributed by atoms with E-state index in [2.05, 4.69) is 15.4 Å². The van der Waals surface area contributed by atoms with E-state index in [1.165, 1.54) is 7.11 Å². The number of nitrogen functional groups attached to an aromatic ring is 1. The van der Waals surface area contributed by atoms with E-state index in [4.69, 9.17) is 15.3 Å². The minimum absolute atomic E-state index is 0.0398. The minimum Gasteiger partial charge on any atom is -0.470 e. The average Bonchev–Trinajstić information content (AvgIpc) is 2.29. The Bertz CT molecular complexity index is 372. The Morgan fingerprint density at radius 2 is 2.38 bits per heavy atom. The SMILES string of the molecule is COCCOc1nc(NN)ncc1[N+](=O)[O-]. The third-order valence-corrected chi connectivity index (χ3v) is 1.59. The summed E-state index contributed by atoms with van der Waals surface area (Å²) >= 11 is 0. The summed E-state index contributed by atoms with van der Waals surface area (Å²) in [5, 5.41) is 10.6. The maximum atomic E-state index is 10.6. The van der Waals surface area contributed by atoms with E-state index in [9.17, 15) is 10.1 Å². The number of nitro groups is 1. The van der Waals surface area contributed by atoms with Crippen LogP contribution in [0, 0.1) is 10.1 Å². The first-order valence-corrected chi connectivity index (χ1v) is 4.28. The molecule has 0 aliphatic heterocycles. The van der Waals surface area contributed by atoms with Crippen molar-refractivity contribution in [2.45, 2.75) is 0 Å². The van der Waals surface area contributed by atoms with Gasteiger partial charge in [0.05, 0.1) is 11.5 Å². The molecule has 9 heteroatoms. The van der Waals surface area contributed by atoms with Crippen LogP contribution in [-0.4, -0.2) is 35.2 Å². The molecule has 0 aliphatic carbocycles. The molecule has 0 spiro atoms. The van der Waals surface area contributed by atoms with E-state index in [1.807, 2.05) is 0 Å². The van der Waals surface area contributed by atoms with Crippen molar-refractivity contribution in [2.24, 2.45) is 5.84 Å². The fourth-order valence-corrected chi connectivity index (χ4v) is 0.882. The number of aromatic nitrogens is 2. The highest BCUT2D eigenvalue weighted by Crippen LogP contribution is 2.23. The molecule has 9 nitrogen and oxygen atoms in total. The Labute approximate surface area is 90.7 Å². The van der Waals surface area contributed by atoms with Gasteiger partial charge in [0.15, 0.2) is 0 Å². The predicted octanol–water partition coefficient (Wildman–Crippen LogP) is -0.304. The summed E-state index contributed by atoms with van der Waals surface area (Å²) in [4.78, 5) is 17.3. The van der Waals surface area contributed by atoms with E-state index in [-0.39, 0.29) is 24.1 Å². The predicted molar refractivity (Wildman–Crippen MR) is 53.9 cm³/mol. The molecule has 1 aromatic rings. The molecule has 1 heterocycles. The number of rotatable bonds is 6. The van der Waals surface area contributed by atoms with Gasteiger partial charge < -0.3 is 9.47 Å². The van der Waals surface area contributed by atoms with Gasteiger partial charge in [-0.25, -0.2) is 10.8 Å². The molecule has 3 N–H and O–H groups in total. The Morgan fingerprint density at radius 3 is 2.94 bits per heavy atom. The Kier molecular flexibility index (Phi) is 4.36. The van der Waals surface area contributed by atoms with Crippen molar-refractivity contribution >= 4 is 11.6 Å². The van der Waals surface area contributed by atoms with Crippen LogP contribution in [0.25, 0.3) is 0 Å². The molecular formula is C7H11N5O4. The minimum atomic E-state index is -0.636. The van der Waals surface area contributed by atoms with Crippen molar-refractivity contribution in [3.05, 3.63) is 16.3 Å². The Morgan fingerprint density at radius 1 is 1.62 bits per heavy atom. The number of hydrogen-bond acceptors (Lipinski definition) is 8. The summed E-state index contributed by atoms with van der Waals surface area (Å²) in [7, 11) is 1.49. The first kappa shape index (κ1) is 12.1. The van der Waals surface area contributed by atoms with Gasteiger partial charge in [-0.05, 0) is 0 Å². The number of anilines is 1. The average molecular weight is 229 g/mol. The largest absolute Gasteiger partial charge is 0.470 e. The smallest absolute Gasteiger partial charge is 0.349 e. The lowest BCUT2D eigenvalue weighted by Crippen LogP contribution is -2.13. The van der Waals surface area contributed by atoms with Crippen LogP contribution in [-0.2, 0) is 4.74 Å². The van der Waals surface area contributed by atoms with Gasteiger partial charge >= 0.3 is 5.69 Å². The summed E-state index contributed by atoms with van der Waals surface area (Å²) in [5.41, 5.74) is 1.84. The van der Waals surface area contributed by atoms with E-state index >= 15 is 0 Å². The van der Waals surface area contributed by atoms with Gasteiger partial charge in [0, 0.05) is 7.11 Å². The van der Waals surface area contributed by atoms with Gasteiger partial charge in [0.2, 0.25) is 5.95 Å². The molecule has 0 aromatic carbocycles. The molecule has 0 amide bonds. The molecule has 0 fully saturated rings. The van der Waals surface area contributed by atoms with E-state index in [1.54, 1.807) is 0 Å². The van der Waals surface area contributed by atoms with Crippen LogP contribution < -0.4 is 16.0 Å². The molecule has 1 rings (SSSR count). The third-order valence-electron chi connectivity index (χ3n) is 1.59. The first-order chi connectivity index (χ1) is 7.69.